The van der Waals surface area contributed by atoms with Crippen LogP contribution in [0.2, 0.25) is 0 Å². The fraction of sp³-hybridized carbons (Fsp3) is 0.154. The maximum absolute atomic E-state index is 9.46. The first-order valence-corrected chi connectivity index (χ1v) is 7.67. The number of aromatic hydroxyl groups is 1. The molecule has 0 fully saturated rings. The standard InChI is InChI=1S/C13H11BrN4OS/c14-9-5-8(1-2-10(9)19)3-4-15-12-11-13(17-6-16-12)20-7-18-11/h1-2,5-7,19H,3-4H2,(H,15,16,17). The van der Waals surface area contributed by atoms with E-state index in [0.29, 0.717) is 4.47 Å². The monoisotopic (exact) mass is 350 g/mol. The molecule has 0 amide bonds. The molecule has 3 rings (SSSR count). The maximum Gasteiger partial charge on any atom is 0.156 e. The third kappa shape index (κ3) is 2.73. The van der Waals surface area contributed by atoms with E-state index in [2.05, 4.69) is 36.2 Å². The topological polar surface area (TPSA) is 70.9 Å². The van der Waals surface area contributed by atoms with Gasteiger partial charge >= 0.3 is 0 Å². The molecule has 0 bridgehead atoms. The van der Waals surface area contributed by atoms with Crippen LogP contribution in [0.5, 0.6) is 5.75 Å². The summed E-state index contributed by atoms with van der Waals surface area (Å²) in [6, 6.07) is 5.50. The lowest BCUT2D eigenvalue weighted by atomic mass is 10.1. The summed E-state index contributed by atoms with van der Waals surface area (Å²) in [5.41, 5.74) is 3.71. The summed E-state index contributed by atoms with van der Waals surface area (Å²) in [4.78, 5) is 13.5. The second-order valence-corrected chi connectivity index (χ2v) is 5.88. The van der Waals surface area contributed by atoms with Crippen molar-refractivity contribution in [1.82, 2.24) is 15.0 Å². The minimum Gasteiger partial charge on any atom is -0.507 e. The van der Waals surface area contributed by atoms with E-state index in [0.717, 1.165) is 34.7 Å². The number of aromatic nitrogens is 3. The number of nitrogens with zero attached hydrogens (tertiary/aromatic N) is 3. The molecule has 7 heteroatoms. The number of phenolic OH excluding ortho intramolecular Hbond substituents is 1. The molecule has 0 aliphatic rings. The molecule has 0 spiro atoms. The largest absolute Gasteiger partial charge is 0.507 e. The number of nitrogens with one attached hydrogen (secondary N) is 1. The molecule has 3 aromatic rings. The van der Waals surface area contributed by atoms with E-state index < -0.39 is 0 Å². The van der Waals surface area contributed by atoms with Crippen molar-refractivity contribution in [2.45, 2.75) is 6.42 Å². The van der Waals surface area contributed by atoms with Crippen molar-refractivity contribution >= 4 is 43.4 Å². The van der Waals surface area contributed by atoms with Crippen molar-refractivity contribution < 1.29 is 5.11 Å². The summed E-state index contributed by atoms with van der Waals surface area (Å²) in [6.07, 6.45) is 2.37. The zero-order valence-electron chi connectivity index (χ0n) is 10.4. The molecular formula is C13H11BrN4OS. The van der Waals surface area contributed by atoms with Crippen molar-refractivity contribution in [3.8, 4) is 5.75 Å². The summed E-state index contributed by atoms with van der Waals surface area (Å²) < 4.78 is 0.707. The van der Waals surface area contributed by atoms with Crippen LogP contribution in [0.15, 0.2) is 34.5 Å². The molecule has 0 radical (unpaired) electrons. The third-order valence-corrected chi connectivity index (χ3v) is 4.22. The second kappa shape index (κ2) is 5.72. The van der Waals surface area contributed by atoms with Crippen LogP contribution in [0.4, 0.5) is 5.82 Å². The van der Waals surface area contributed by atoms with Gasteiger partial charge in [0.15, 0.2) is 5.82 Å². The van der Waals surface area contributed by atoms with Gasteiger partial charge in [0.25, 0.3) is 0 Å². The van der Waals surface area contributed by atoms with Crippen LogP contribution >= 0.6 is 27.3 Å². The smallest absolute Gasteiger partial charge is 0.156 e. The average molecular weight is 351 g/mol. The number of fused-ring (bicyclic) bond motifs is 1. The number of rotatable bonds is 4. The van der Waals surface area contributed by atoms with Crippen LogP contribution in [-0.4, -0.2) is 26.6 Å². The molecule has 0 aliphatic heterocycles. The van der Waals surface area contributed by atoms with Gasteiger partial charge in [0.1, 0.15) is 22.4 Å². The second-order valence-electron chi connectivity index (χ2n) is 4.19. The lowest BCUT2D eigenvalue weighted by molar-refractivity contribution is 0.471. The van der Waals surface area contributed by atoms with Gasteiger partial charge in [-0.05, 0) is 40.0 Å². The van der Waals surface area contributed by atoms with Crippen LogP contribution in [0.1, 0.15) is 5.56 Å². The SMILES string of the molecule is Oc1ccc(CCNc2ncnc3scnc23)cc1Br. The van der Waals surface area contributed by atoms with Crippen LogP contribution in [0.25, 0.3) is 10.3 Å². The van der Waals surface area contributed by atoms with Crippen molar-refractivity contribution in [2.75, 3.05) is 11.9 Å². The number of thiazole rings is 1. The van der Waals surface area contributed by atoms with Gasteiger partial charge in [0, 0.05) is 6.54 Å². The van der Waals surface area contributed by atoms with Gasteiger partial charge < -0.3 is 10.4 Å². The number of benzene rings is 1. The molecule has 0 atom stereocenters. The van der Waals surface area contributed by atoms with Crippen molar-refractivity contribution in [3.63, 3.8) is 0 Å². The maximum atomic E-state index is 9.46. The van der Waals surface area contributed by atoms with E-state index >= 15 is 0 Å². The van der Waals surface area contributed by atoms with E-state index in [1.54, 1.807) is 17.9 Å². The minimum absolute atomic E-state index is 0.252. The molecule has 2 N–H and O–H groups in total. The Kier molecular flexibility index (Phi) is 3.79. The molecule has 2 heterocycles. The van der Waals surface area contributed by atoms with E-state index in [4.69, 9.17) is 0 Å². The zero-order valence-corrected chi connectivity index (χ0v) is 12.8. The lowest BCUT2D eigenvalue weighted by Gasteiger charge is -2.06. The highest BCUT2D eigenvalue weighted by molar-refractivity contribution is 9.10. The number of phenols is 1. The lowest BCUT2D eigenvalue weighted by Crippen LogP contribution is -2.07. The van der Waals surface area contributed by atoms with Gasteiger partial charge in [0.05, 0.1) is 9.98 Å². The molecule has 102 valence electrons. The molecule has 1 aromatic carbocycles. The Morgan fingerprint density at radius 1 is 1.25 bits per heavy atom. The minimum atomic E-state index is 0.252. The predicted octanol–water partition coefficient (Wildman–Crippen LogP) is 3.21. The van der Waals surface area contributed by atoms with Crippen molar-refractivity contribution in [1.29, 1.82) is 0 Å². The van der Waals surface area contributed by atoms with E-state index in [1.807, 2.05) is 12.1 Å². The highest BCUT2D eigenvalue weighted by Gasteiger charge is 2.06. The van der Waals surface area contributed by atoms with Crippen molar-refractivity contribution in [3.05, 3.63) is 40.1 Å². The number of halogens is 1. The Balaban J connectivity index is 1.68. The van der Waals surface area contributed by atoms with Crippen LogP contribution in [0, 0.1) is 0 Å². The Labute approximate surface area is 127 Å². The van der Waals surface area contributed by atoms with Gasteiger partial charge in [-0.2, -0.15) is 0 Å². The van der Waals surface area contributed by atoms with Crippen LogP contribution in [-0.2, 0) is 6.42 Å². The molecular weight excluding hydrogens is 340 g/mol. The first-order valence-electron chi connectivity index (χ1n) is 5.99. The van der Waals surface area contributed by atoms with E-state index in [1.165, 1.54) is 11.3 Å². The average Bonchev–Trinajstić information content (AvgIpc) is 2.92. The highest BCUT2D eigenvalue weighted by Crippen LogP contribution is 2.24. The zero-order chi connectivity index (χ0) is 13.9. The Bertz CT molecular complexity index is 746. The van der Waals surface area contributed by atoms with Gasteiger partial charge in [-0.3, -0.25) is 0 Å². The van der Waals surface area contributed by atoms with Gasteiger partial charge in [-0.1, -0.05) is 6.07 Å². The van der Waals surface area contributed by atoms with E-state index in [-0.39, 0.29) is 5.75 Å². The molecule has 5 nitrogen and oxygen atoms in total. The molecule has 0 saturated carbocycles. The Morgan fingerprint density at radius 2 is 2.15 bits per heavy atom. The molecule has 20 heavy (non-hydrogen) atoms. The van der Waals surface area contributed by atoms with Crippen LogP contribution in [0.3, 0.4) is 0 Å². The molecule has 0 unspecified atom stereocenters. The van der Waals surface area contributed by atoms with Crippen molar-refractivity contribution in [2.24, 2.45) is 0 Å². The molecule has 2 aromatic heterocycles. The first-order chi connectivity index (χ1) is 9.74. The molecule has 0 aliphatic carbocycles. The third-order valence-electron chi connectivity index (χ3n) is 2.85. The quantitative estimate of drug-likeness (QED) is 0.755. The Morgan fingerprint density at radius 3 is 3.00 bits per heavy atom. The highest BCUT2D eigenvalue weighted by atomic mass is 79.9. The number of hydrogen-bond donors (Lipinski definition) is 2. The summed E-state index contributed by atoms with van der Waals surface area (Å²) in [5.74, 6) is 1.01. The summed E-state index contributed by atoms with van der Waals surface area (Å²) in [5, 5.41) is 12.7. The molecule has 0 saturated heterocycles. The summed E-state index contributed by atoms with van der Waals surface area (Å²) >= 11 is 4.81. The Hall–Kier alpha value is -1.73. The van der Waals surface area contributed by atoms with Crippen LogP contribution < -0.4 is 5.32 Å². The fourth-order valence-electron chi connectivity index (χ4n) is 1.85. The number of hydrogen-bond acceptors (Lipinski definition) is 6. The normalized spacial score (nSPS) is 10.8. The van der Waals surface area contributed by atoms with Gasteiger partial charge in [-0.25, -0.2) is 15.0 Å². The first kappa shape index (κ1) is 13.3. The summed E-state index contributed by atoms with van der Waals surface area (Å²) in [7, 11) is 0. The summed E-state index contributed by atoms with van der Waals surface area (Å²) in [6.45, 7) is 0.737. The number of anilines is 1. The van der Waals surface area contributed by atoms with Gasteiger partial charge in [0.2, 0.25) is 0 Å². The van der Waals surface area contributed by atoms with Gasteiger partial charge in [-0.15, -0.1) is 11.3 Å². The van der Waals surface area contributed by atoms with E-state index in [9.17, 15) is 5.11 Å². The fourth-order valence-corrected chi connectivity index (χ4v) is 2.91. The predicted molar refractivity (Wildman–Crippen MR) is 83.2 cm³/mol.